The van der Waals surface area contributed by atoms with Crippen LogP contribution < -0.4 is 0 Å². The monoisotopic (exact) mass is 172 g/mol. The molecule has 0 aliphatic carbocycles. The van der Waals surface area contributed by atoms with Gasteiger partial charge in [0, 0.05) is 0 Å². The van der Waals surface area contributed by atoms with E-state index in [0.717, 1.165) is 12.8 Å². The molecule has 0 spiro atoms. The van der Waals surface area contributed by atoms with E-state index in [2.05, 4.69) is 11.7 Å². The number of esters is 1. The van der Waals surface area contributed by atoms with Crippen molar-refractivity contribution in [1.82, 2.24) is 0 Å². The van der Waals surface area contributed by atoms with Gasteiger partial charge in [-0.3, -0.25) is 4.79 Å². The van der Waals surface area contributed by atoms with Gasteiger partial charge in [-0.25, -0.2) is 0 Å². The molecule has 0 amide bonds. The molecule has 0 radical (unpaired) electrons. The number of carbonyl (C=O) groups excluding carboxylic acids is 1. The van der Waals surface area contributed by atoms with Crippen LogP contribution in [0.5, 0.6) is 0 Å². The maximum Gasteiger partial charge on any atom is 0.308 e. The lowest BCUT2D eigenvalue weighted by Crippen LogP contribution is -2.11. The van der Waals surface area contributed by atoms with Gasteiger partial charge in [-0.2, -0.15) is 0 Å². The number of aliphatic hydroxyl groups is 1. The first-order valence-corrected chi connectivity index (χ1v) is 4.12. The highest BCUT2D eigenvalue weighted by molar-refractivity contribution is 5.70. The van der Waals surface area contributed by atoms with E-state index in [1.165, 1.54) is 7.11 Å². The molecule has 1 N–H and O–H groups in total. The van der Waals surface area contributed by atoms with Gasteiger partial charge in [-0.05, 0) is 6.42 Å². The number of hydrogen-bond acceptors (Lipinski definition) is 3. The largest absolute Gasteiger partial charge is 0.469 e. The lowest BCUT2D eigenvalue weighted by Gasteiger charge is -2.02. The third-order valence-electron chi connectivity index (χ3n) is 1.42. The van der Waals surface area contributed by atoms with Crippen LogP contribution >= 0.6 is 0 Å². The van der Waals surface area contributed by atoms with Gasteiger partial charge < -0.3 is 9.84 Å². The van der Waals surface area contributed by atoms with Crippen LogP contribution in [-0.2, 0) is 9.53 Å². The summed E-state index contributed by atoms with van der Waals surface area (Å²) in [6, 6.07) is 0. The van der Waals surface area contributed by atoms with Crippen molar-refractivity contribution in [3.05, 3.63) is 12.2 Å². The fourth-order valence-electron chi connectivity index (χ4n) is 0.742. The standard InChI is InChI=1S/C9H16O3/c1-3-4-5-6-8(10)7-9(11)12-2/h5-6,8,10H,3-4,7H2,1-2H3. The fraction of sp³-hybridized carbons (Fsp3) is 0.667. The molecule has 0 aromatic rings. The number of methoxy groups -OCH3 is 1. The van der Waals surface area contributed by atoms with Crippen molar-refractivity contribution < 1.29 is 14.6 Å². The molecule has 0 heterocycles. The molecule has 0 saturated carbocycles. The topological polar surface area (TPSA) is 46.5 Å². The van der Waals surface area contributed by atoms with E-state index in [-0.39, 0.29) is 12.4 Å². The second-order valence-corrected chi connectivity index (χ2v) is 2.56. The Labute approximate surface area is 73.0 Å². The van der Waals surface area contributed by atoms with Crippen LogP contribution in [0.15, 0.2) is 12.2 Å². The van der Waals surface area contributed by atoms with E-state index in [1.807, 2.05) is 6.08 Å². The number of hydrogen-bond donors (Lipinski definition) is 1. The minimum Gasteiger partial charge on any atom is -0.469 e. The Morgan fingerprint density at radius 2 is 2.33 bits per heavy atom. The summed E-state index contributed by atoms with van der Waals surface area (Å²) in [4.78, 5) is 10.6. The molecular formula is C9H16O3. The number of carbonyl (C=O) groups is 1. The molecule has 12 heavy (non-hydrogen) atoms. The van der Waals surface area contributed by atoms with E-state index >= 15 is 0 Å². The predicted molar refractivity (Wildman–Crippen MR) is 46.7 cm³/mol. The van der Waals surface area contributed by atoms with Gasteiger partial charge >= 0.3 is 5.97 Å². The van der Waals surface area contributed by atoms with E-state index in [0.29, 0.717) is 0 Å². The van der Waals surface area contributed by atoms with Crippen LogP contribution in [0.3, 0.4) is 0 Å². The Hall–Kier alpha value is -0.830. The van der Waals surface area contributed by atoms with Gasteiger partial charge in [-0.15, -0.1) is 0 Å². The summed E-state index contributed by atoms with van der Waals surface area (Å²) in [5.74, 6) is -0.386. The minimum absolute atomic E-state index is 0.0384. The van der Waals surface area contributed by atoms with Crippen LogP contribution in [0.1, 0.15) is 26.2 Å². The highest BCUT2D eigenvalue weighted by atomic mass is 16.5. The Morgan fingerprint density at radius 1 is 1.67 bits per heavy atom. The van der Waals surface area contributed by atoms with Gasteiger partial charge in [0.1, 0.15) is 0 Å². The zero-order chi connectivity index (χ0) is 9.40. The number of unbranched alkanes of at least 4 members (excludes halogenated alkanes) is 1. The average molecular weight is 172 g/mol. The van der Waals surface area contributed by atoms with Crippen LogP contribution in [-0.4, -0.2) is 24.3 Å². The molecule has 0 aliphatic heterocycles. The Kier molecular flexibility index (Phi) is 6.38. The summed E-state index contributed by atoms with van der Waals surface area (Å²) in [6.07, 6.45) is 4.80. The van der Waals surface area contributed by atoms with Crippen molar-refractivity contribution in [2.24, 2.45) is 0 Å². The minimum atomic E-state index is -0.705. The number of rotatable bonds is 5. The van der Waals surface area contributed by atoms with Crippen LogP contribution in [0.2, 0.25) is 0 Å². The van der Waals surface area contributed by atoms with Crippen LogP contribution in [0, 0.1) is 0 Å². The lowest BCUT2D eigenvalue weighted by atomic mass is 10.2. The van der Waals surface area contributed by atoms with Crippen molar-refractivity contribution in [3.63, 3.8) is 0 Å². The molecule has 0 aromatic heterocycles. The molecule has 70 valence electrons. The second kappa shape index (κ2) is 6.85. The van der Waals surface area contributed by atoms with Crippen molar-refractivity contribution in [1.29, 1.82) is 0 Å². The summed E-state index contributed by atoms with van der Waals surface area (Å²) < 4.78 is 4.39. The van der Waals surface area contributed by atoms with Gasteiger partial charge in [0.15, 0.2) is 0 Å². The molecule has 1 atom stereocenters. The van der Waals surface area contributed by atoms with Crippen molar-refractivity contribution >= 4 is 5.97 Å². The zero-order valence-corrected chi connectivity index (χ0v) is 7.62. The second-order valence-electron chi connectivity index (χ2n) is 2.56. The van der Waals surface area contributed by atoms with Gasteiger partial charge in [0.2, 0.25) is 0 Å². The summed E-state index contributed by atoms with van der Waals surface area (Å²) in [5.41, 5.74) is 0. The first-order valence-electron chi connectivity index (χ1n) is 4.12. The highest BCUT2D eigenvalue weighted by Gasteiger charge is 2.06. The molecule has 3 nitrogen and oxygen atoms in total. The van der Waals surface area contributed by atoms with E-state index in [1.54, 1.807) is 6.08 Å². The summed E-state index contributed by atoms with van der Waals surface area (Å²) in [5, 5.41) is 9.19. The molecule has 3 heteroatoms. The smallest absolute Gasteiger partial charge is 0.308 e. The molecule has 1 unspecified atom stereocenters. The Balaban J connectivity index is 3.58. The van der Waals surface area contributed by atoms with Crippen molar-refractivity contribution in [2.45, 2.75) is 32.3 Å². The highest BCUT2D eigenvalue weighted by Crippen LogP contribution is 1.97. The third-order valence-corrected chi connectivity index (χ3v) is 1.42. The van der Waals surface area contributed by atoms with Crippen LogP contribution in [0.25, 0.3) is 0 Å². The first-order chi connectivity index (χ1) is 5.70. The summed E-state index contributed by atoms with van der Waals surface area (Å²) in [7, 11) is 1.31. The predicted octanol–water partition coefficient (Wildman–Crippen LogP) is 1.27. The lowest BCUT2D eigenvalue weighted by molar-refractivity contribution is -0.142. The van der Waals surface area contributed by atoms with E-state index < -0.39 is 6.10 Å². The molecule has 0 saturated heterocycles. The molecule has 0 bridgehead atoms. The number of ether oxygens (including phenoxy) is 1. The van der Waals surface area contributed by atoms with E-state index in [9.17, 15) is 9.90 Å². The van der Waals surface area contributed by atoms with Crippen LogP contribution in [0.4, 0.5) is 0 Å². The van der Waals surface area contributed by atoms with E-state index in [4.69, 9.17) is 0 Å². The molecule has 0 rings (SSSR count). The Morgan fingerprint density at radius 3 is 2.83 bits per heavy atom. The number of aliphatic hydroxyl groups excluding tert-OH is 1. The number of allylic oxidation sites excluding steroid dienone is 1. The SMILES string of the molecule is CCCC=CC(O)CC(=O)OC. The molecular weight excluding hydrogens is 156 g/mol. The maximum absolute atomic E-state index is 10.6. The van der Waals surface area contributed by atoms with Gasteiger partial charge in [0.05, 0.1) is 19.6 Å². The van der Waals surface area contributed by atoms with Gasteiger partial charge in [-0.1, -0.05) is 25.5 Å². The first kappa shape index (κ1) is 11.2. The van der Waals surface area contributed by atoms with Crippen molar-refractivity contribution in [3.8, 4) is 0 Å². The normalized spacial score (nSPS) is 13.2. The average Bonchev–Trinajstić information content (AvgIpc) is 2.05. The fourth-order valence-corrected chi connectivity index (χ4v) is 0.742. The Bertz CT molecular complexity index is 152. The third kappa shape index (κ3) is 5.92. The summed E-state index contributed by atoms with van der Waals surface area (Å²) in [6.45, 7) is 2.05. The maximum atomic E-state index is 10.6. The quantitative estimate of drug-likeness (QED) is 0.501. The molecule has 0 fully saturated rings. The molecule has 0 aromatic carbocycles. The van der Waals surface area contributed by atoms with Gasteiger partial charge in [0.25, 0.3) is 0 Å². The summed E-state index contributed by atoms with van der Waals surface area (Å²) >= 11 is 0. The van der Waals surface area contributed by atoms with Crippen molar-refractivity contribution in [2.75, 3.05) is 7.11 Å². The zero-order valence-electron chi connectivity index (χ0n) is 7.62. The molecule has 0 aliphatic rings.